The SMILES string of the molecule is c1ccc(C(CNc2nc(-c3ccc4cnccc4c3)nc3ccccc23)c2ccccc2)cc1. The molecular weight excluding hydrogens is 428 g/mol. The molecule has 0 amide bonds. The molecule has 0 spiro atoms. The first kappa shape index (κ1) is 21.0. The van der Waals surface area contributed by atoms with Gasteiger partial charge in [0.05, 0.1) is 5.52 Å². The van der Waals surface area contributed by atoms with E-state index in [-0.39, 0.29) is 5.92 Å². The standard InChI is InChI=1S/C31H24N4/c1-3-9-22(10-4-1)28(23-11-5-2-6-12-23)21-33-31-27-13-7-8-14-29(27)34-30(35-31)25-15-16-26-20-32-18-17-24(26)19-25/h1-20,28H,21H2,(H,33,34,35). The van der Waals surface area contributed by atoms with Gasteiger partial charge in [0.25, 0.3) is 0 Å². The zero-order valence-electron chi connectivity index (χ0n) is 19.2. The number of hydrogen-bond acceptors (Lipinski definition) is 4. The van der Waals surface area contributed by atoms with Crippen LogP contribution in [0.4, 0.5) is 5.82 Å². The summed E-state index contributed by atoms with van der Waals surface area (Å²) in [6.45, 7) is 0.720. The topological polar surface area (TPSA) is 50.7 Å². The van der Waals surface area contributed by atoms with Gasteiger partial charge in [-0.3, -0.25) is 4.98 Å². The highest BCUT2D eigenvalue weighted by atomic mass is 15.0. The van der Waals surface area contributed by atoms with Crippen LogP contribution in [0.1, 0.15) is 17.0 Å². The average Bonchev–Trinajstić information content (AvgIpc) is 2.94. The van der Waals surface area contributed by atoms with Gasteiger partial charge >= 0.3 is 0 Å². The predicted octanol–water partition coefficient (Wildman–Crippen LogP) is 7.09. The molecule has 0 aliphatic rings. The second kappa shape index (κ2) is 9.35. The van der Waals surface area contributed by atoms with E-state index in [4.69, 9.17) is 9.97 Å². The van der Waals surface area contributed by atoms with E-state index in [0.29, 0.717) is 5.82 Å². The van der Waals surface area contributed by atoms with Crippen molar-refractivity contribution in [3.05, 3.63) is 133 Å². The molecule has 0 bridgehead atoms. The van der Waals surface area contributed by atoms with E-state index < -0.39 is 0 Å². The summed E-state index contributed by atoms with van der Waals surface area (Å²) in [4.78, 5) is 14.1. The minimum absolute atomic E-state index is 0.197. The number of hydrogen-bond donors (Lipinski definition) is 1. The van der Waals surface area contributed by atoms with Crippen molar-refractivity contribution >= 4 is 27.5 Å². The first-order valence-electron chi connectivity index (χ1n) is 11.8. The Morgan fingerprint density at radius 2 is 1.37 bits per heavy atom. The zero-order chi connectivity index (χ0) is 23.5. The molecule has 6 aromatic rings. The normalized spacial score (nSPS) is 11.2. The van der Waals surface area contributed by atoms with E-state index in [1.54, 1.807) is 0 Å². The number of anilines is 1. The molecule has 35 heavy (non-hydrogen) atoms. The van der Waals surface area contributed by atoms with Gasteiger partial charge in [-0.25, -0.2) is 9.97 Å². The molecule has 0 radical (unpaired) electrons. The van der Waals surface area contributed by atoms with Crippen molar-refractivity contribution < 1.29 is 0 Å². The van der Waals surface area contributed by atoms with E-state index in [9.17, 15) is 0 Å². The molecule has 0 saturated carbocycles. The largest absolute Gasteiger partial charge is 0.368 e. The molecule has 4 aromatic carbocycles. The Morgan fingerprint density at radius 3 is 2.14 bits per heavy atom. The number of aromatic nitrogens is 3. The number of para-hydroxylation sites is 1. The third-order valence-corrected chi connectivity index (χ3v) is 6.38. The molecule has 0 fully saturated rings. The van der Waals surface area contributed by atoms with Crippen molar-refractivity contribution in [2.75, 3.05) is 11.9 Å². The van der Waals surface area contributed by atoms with E-state index in [2.05, 4.69) is 95.2 Å². The average molecular weight is 453 g/mol. The van der Waals surface area contributed by atoms with Crippen LogP contribution in [0.2, 0.25) is 0 Å². The minimum Gasteiger partial charge on any atom is -0.368 e. The van der Waals surface area contributed by atoms with Crippen LogP contribution < -0.4 is 5.32 Å². The van der Waals surface area contributed by atoms with Gasteiger partial charge in [0.1, 0.15) is 5.82 Å². The van der Waals surface area contributed by atoms with Crippen LogP contribution in [0, 0.1) is 0 Å². The lowest BCUT2D eigenvalue weighted by molar-refractivity contribution is 0.849. The quantitative estimate of drug-likeness (QED) is 0.293. The molecule has 0 atom stereocenters. The molecule has 6 rings (SSSR count). The summed E-state index contributed by atoms with van der Waals surface area (Å²) in [6, 6.07) is 37.7. The van der Waals surface area contributed by atoms with Crippen molar-refractivity contribution in [3.63, 3.8) is 0 Å². The number of pyridine rings is 1. The zero-order valence-corrected chi connectivity index (χ0v) is 19.2. The van der Waals surface area contributed by atoms with Gasteiger partial charge in [-0.2, -0.15) is 0 Å². The first-order chi connectivity index (χ1) is 17.3. The maximum Gasteiger partial charge on any atom is 0.162 e. The molecule has 2 aromatic heterocycles. The van der Waals surface area contributed by atoms with Crippen LogP contribution in [0.3, 0.4) is 0 Å². The highest BCUT2D eigenvalue weighted by Gasteiger charge is 2.16. The molecule has 4 nitrogen and oxygen atoms in total. The van der Waals surface area contributed by atoms with Crippen molar-refractivity contribution in [3.8, 4) is 11.4 Å². The Hall–Kier alpha value is -4.57. The van der Waals surface area contributed by atoms with E-state index in [1.807, 2.05) is 36.7 Å². The Labute approximate surface area is 204 Å². The highest BCUT2D eigenvalue weighted by molar-refractivity contribution is 5.92. The van der Waals surface area contributed by atoms with Crippen LogP contribution in [0.15, 0.2) is 122 Å². The lowest BCUT2D eigenvalue weighted by atomic mass is 9.91. The van der Waals surface area contributed by atoms with Crippen molar-refractivity contribution in [2.45, 2.75) is 5.92 Å². The molecule has 0 saturated heterocycles. The smallest absolute Gasteiger partial charge is 0.162 e. The Kier molecular flexibility index (Phi) is 5.61. The monoisotopic (exact) mass is 452 g/mol. The molecule has 0 unspecified atom stereocenters. The highest BCUT2D eigenvalue weighted by Crippen LogP contribution is 2.29. The van der Waals surface area contributed by atoms with Gasteiger partial charge in [0.15, 0.2) is 5.82 Å². The maximum absolute atomic E-state index is 5.00. The molecule has 168 valence electrons. The summed E-state index contributed by atoms with van der Waals surface area (Å²) in [5, 5.41) is 6.91. The predicted molar refractivity (Wildman–Crippen MR) is 143 cm³/mol. The fourth-order valence-corrected chi connectivity index (χ4v) is 4.56. The van der Waals surface area contributed by atoms with Gasteiger partial charge in [-0.1, -0.05) is 84.9 Å². The Morgan fingerprint density at radius 1 is 0.657 bits per heavy atom. The molecule has 2 heterocycles. The fraction of sp³-hybridized carbons (Fsp3) is 0.0645. The van der Waals surface area contributed by atoms with Crippen molar-refractivity contribution in [1.82, 2.24) is 15.0 Å². The maximum atomic E-state index is 5.00. The molecule has 1 N–H and O–H groups in total. The van der Waals surface area contributed by atoms with E-state index >= 15 is 0 Å². The Bertz CT molecular complexity index is 1560. The number of fused-ring (bicyclic) bond motifs is 2. The van der Waals surface area contributed by atoms with Crippen LogP contribution in [-0.2, 0) is 0 Å². The molecule has 0 aliphatic carbocycles. The second-order valence-electron chi connectivity index (χ2n) is 8.61. The number of rotatable bonds is 6. The number of nitrogens with one attached hydrogen (secondary N) is 1. The van der Waals surface area contributed by atoms with Gasteiger partial charge in [-0.05, 0) is 40.8 Å². The minimum atomic E-state index is 0.197. The molecule has 0 aliphatic heterocycles. The molecular formula is C31H24N4. The number of benzene rings is 4. The summed E-state index contributed by atoms with van der Waals surface area (Å²) in [5.41, 5.74) is 4.45. The lowest BCUT2D eigenvalue weighted by Gasteiger charge is -2.20. The fourth-order valence-electron chi connectivity index (χ4n) is 4.56. The van der Waals surface area contributed by atoms with Crippen molar-refractivity contribution in [1.29, 1.82) is 0 Å². The van der Waals surface area contributed by atoms with Crippen LogP contribution in [-0.4, -0.2) is 21.5 Å². The van der Waals surface area contributed by atoms with Gasteiger partial charge in [-0.15, -0.1) is 0 Å². The van der Waals surface area contributed by atoms with Crippen LogP contribution in [0.25, 0.3) is 33.1 Å². The van der Waals surface area contributed by atoms with E-state index in [0.717, 1.165) is 39.6 Å². The third kappa shape index (κ3) is 4.34. The van der Waals surface area contributed by atoms with Crippen molar-refractivity contribution in [2.24, 2.45) is 0 Å². The van der Waals surface area contributed by atoms with Gasteiger partial charge < -0.3 is 5.32 Å². The molecule has 4 heteroatoms. The number of nitrogens with zero attached hydrogens (tertiary/aromatic N) is 3. The van der Waals surface area contributed by atoms with E-state index in [1.165, 1.54) is 11.1 Å². The summed E-state index contributed by atoms with van der Waals surface area (Å²) in [5.74, 6) is 1.75. The second-order valence-corrected chi connectivity index (χ2v) is 8.61. The summed E-state index contributed by atoms with van der Waals surface area (Å²) < 4.78 is 0. The lowest BCUT2D eigenvalue weighted by Crippen LogP contribution is -2.15. The summed E-state index contributed by atoms with van der Waals surface area (Å²) in [6.07, 6.45) is 3.69. The first-order valence-corrected chi connectivity index (χ1v) is 11.8. The summed E-state index contributed by atoms with van der Waals surface area (Å²) >= 11 is 0. The third-order valence-electron chi connectivity index (χ3n) is 6.38. The van der Waals surface area contributed by atoms with Crippen LogP contribution in [0.5, 0.6) is 0 Å². The Balaban J connectivity index is 1.40. The summed E-state index contributed by atoms with van der Waals surface area (Å²) in [7, 11) is 0. The van der Waals surface area contributed by atoms with Gasteiger partial charge in [0.2, 0.25) is 0 Å². The van der Waals surface area contributed by atoms with Crippen LogP contribution >= 0.6 is 0 Å². The van der Waals surface area contributed by atoms with Gasteiger partial charge in [0, 0.05) is 41.2 Å².